The van der Waals surface area contributed by atoms with Crippen LogP contribution in [0.3, 0.4) is 0 Å². The van der Waals surface area contributed by atoms with E-state index in [4.69, 9.17) is 12.2 Å². The van der Waals surface area contributed by atoms with Crippen LogP contribution in [0, 0.1) is 10.1 Å². The Hall–Kier alpha value is -3.11. The highest BCUT2D eigenvalue weighted by molar-refractivity contribution is 8.26. The predicted octanol–water partition coefficient (Wildman–Crippen LogP) is 2.54. The van der Waals surface area contributed by atoms with Gasteiger partial charge in [0.2, 0.25) is 0 Å². The van der Waals surface area contributed by atoms with Gasteiger partial charge in [-0.05, 0) is 42.1 Å². The molecule has 0 aliphatic carbocycles. The number of hydrazine groups is 1. The number of amides is 2. The number of nitro groups is 1. The van der Waals surface area contributed by atoms with Crippen molar-refractivity contribution in [3.63, 3.8) is 0 Å². The SMILES string of the molecule is O=C(NN1C(=O)C(=Cc2cccnc2)SC1=S)c1ccc([N+](=O)[O-])cc1. The third-order valence-electron chi connectivity index (χ3n) is 3.33. The van der Waals surface area contributed by atoms with Crippen molar-refractivity contribution in [1.82, 2.24) is 15.4 Å². The van der Waals surface area contributed by atoms with E-state index < -0.39 is 16.7 Å². The first-order valence-electron chi connectivity index (χ1n) is 7.19. The molecule has 0 spiro atoms. The Morgan fingerprint density at radius 2 is 2.04 bits per heavy atom. The molecule has 2 heterocycles. The van der Waals surface area contributed by atoms with Gasteiger partial charge < -0.3 is 0 Å². The number of nitrogens with zero attached hydrogens (tertiary/aromatic N) is 3. The number of thiocarbonyl (C=S) groups is 1. The van der Waals surface area contributed by atoms with Crippen molar-refractivity contribution < 1.29 is 14.5 Å². The van der Waals surface area contributed by atoms with Gasteiger partial charge in [-0.15, -0.1) is 0 Å². The zero-order chi connectivity index (χ0) is 18.7. The molecule has 0 unspecified atom stereocenters. The highest BCUT2D eigenvalue weighted by Crippen LogP contribution is 2.31. The van der Waals surface area contributed by atoms with Gasteiger partial charge in [-0.1, -0.05) is 17.8 Å². The maximum Gasteiger partial charge on any atom is 0.285 e. The lowest BCUT2D eigenvalue weighted by Gasteiger charge is -2.15. The minimum atomic E-state index is -0.598. The van der Waals surface area contributed by atoms with Gasteiger partial charge in [0.1, 0.15) is 0 Å². The summed E-state index contributed by atoms with van der Waals surface area (Å²) in [6.45, 7) is 0. The highest BCUT2D eigenvalue weighted by Gasteiger charge is 2.33. The zero-order valence-corrected chi connectivity index (χ0v) is 14.6. The molecule has 0 radical (unpaired) electrons. The van der Waals surface area contributed by atoms with Crippen LogP contribution in [0.4, 0.5) is 5.69 Å². The van der Waals surface area contributed by atoms with Gasteiger partial charge in [0.15, 0.2) is 4.32 Å². The lowest BCUT2D eigenvalue weighted by atomic mass is 10.2. The number of pyridine rings is 1. The number of rotatable bonds is 4. The molecule has 1 aliphatic rings. The van der Waals surface area contributed by atoms with E-state index >= 15 is 0 Å². The fourth-order valence-electron chi connectivity index (χ4n) is 2.08. The van der Waals surface area contributed by atoms with Crippen molar-refractivity contribution in [2.45, 2.75) is 0 Å². The number of nitro benzene ring substituents is 1. The molecule has 130 valence electrons. The fraction of sp³-hybridized carbons (Fsp3) is 0. The molecule has 1 saturated heterocycles. The standard InChI is InChI=1S/C16H10N4O4S2/c21-14(11-3-5-12(6-4-11)20(23)24)18-19-15(22)13(26-16(19)25)8-10-2-1-7-17-9-10/h1-9H,(H,18,21). The summed E-state index contributed by atoms with van der Waals surface area (Å²) in [5.74, 6) is -1.06. The molecule has 26 heavy (non-hydrogen) atoms. The van der Waals surface area contributed by atoms with Crippen molar-refractivity contribution in [1.29, 1.82) is 0 Å². The monoisotopic (exact) mass is 386 g/mol. The number of hydrogen-bond acceptors (Lipinski definition) is 7. The van der Waals surface area contributed by atoms with Crippen LogP contribution in [-0.4, -0.2) is 31.1 Å². The van der Waals surface area contributed by atoms with Crippen LogP contribution in [0.2, 0.25) is 0 Å². The molecular formula is C16H10N4O4S2. The molecule has 1 fully saturated rings. The van der Waals surface area contributed by atoms with Crippen LogP contribution in [0.15, 0.2) is 53.7 Å². The maximum absolute atomic E-state index is 12.5. The van der Waals surface area contributed by atoms with E-state index in [0.717, 1.165) is 22.3 Å². The average Bonchev–Trinajstić information content (AvgIpc) is 2.90. The Kier molecular flexibility index (Phi) is 5.05. The molecular weight excluding hydrogens is 376 g/mol. The molecule has 8 nitrogen and oxygen atoms in total. The quantitative estimate of drug-likeness (QED) is 0.372. The summed E-state index contributed by atoms with van der Waals surface area (Å²) in [5.41, 5.74) is 3.18. The van der Waals surface area contributed by atoms with Crippen molar-refractivity contribution >= 4 is 51.9 Å². The van der Waals surface area contributed by atoms with Crippen molar-refractivity contribution in [3.05, 3.63) is 74.9 Å². The number of nitrogens with one attached hydrogen (secondary N) is 1. The Bertz CT molecular complexity index is 929. The van der Waals surface area contributed by atoms with E-state index in [2.05, 4.69) is 10.4 Å². The molecule has 1 aromatic heterocycles. The molecule has 1 aromatic carbocycles. The van der Waals surface area contributed by atoms with Gasteiger partial charge >= 0.3 is 0 Å². The summed E-state index contributed by atoms with van der Waals surface area (Å²) in [6.07, 6.45) is 4.85. The third kappa shape index (κ3) is 3.76. The molecule has 1 N–H and O–H groups in total. The first-order chi connectivity index (χ1) is 12.5. The van der Waals surface area contributed by atoms with E-state index in [0.29, 0.717) is 4.91 Å². The first-order valence-corrected chi connectivity index (χ1v) is 8.41. The fourth-order valence-corrected chi connectivity index (χ4v) is 3.26. The van der Waals surface area contributed by atoms with Crippen molar-refractivity contribution in [2.75, 3.05) is 0 Å². The smallest absolute Gasteiger partial charge is 0.267 e. The number of carbonyl (C=O) groups is 2. The Labute approximate surface area is 157 Å². The summed E-state index contributed by atoms with van der Waals surface area (Å²) in [7, 11) is 0. The summed E-state index contributed by atoms with van der Waals surface area (Å²) < 4.78 is 0.181. The number of hydrogen-bond donors (Lipinski definition) is 1. The minimum Gasteiger partial charge on any atom is -0.267 e. The second-order valence-corrected chi connectivity index (χ2v) is 6.72. The van der Waals surface area contributed by atoms with E-state index in [9.17, 15) is 19.7 Å². The lowest BCUT2D eigenvalue weighted by molar-refractivity contribution is -0.384. The van der Waals surface area contributed by atoms with Gasteiger partial charge in [-0.25, -0.2) is 0 Å². The largest absolute Gasteiger partial charge is 0.285 e. The molecule has 10 heteroatoms. The molecule has 0 bridgehead atoms. The van der Waals surface area contributed by atoms with E-state index in [1.165, 1.54) is 24.3 Å². The molecule has 0 saturated carbocycles. The van der Waals surface area contributed by atoms with Crippen LogP contribution in [0.1, 0.15) is 15.9 Å². The summed E-state index contributed by atoms with van der Waals surface area (Å²) in [4.78, 5) is 39.1. The van der Waals surface area contributed by atoms with Gasteiger partial charge in [-0.2, -0.15) is 5.01 Å². The molecule has 2 aromatic rings. The number of aromatic nitrogens is 1. The van der Waals surface area contributed by atoms with Crippen molar-refractivity contribution in [2.24, 2.45) is 0 Å². The third-order valence-corrected chi connectivity index (χ3v) is 4.63. The van der Waals surface area contributed by atoms with Crippen LogP contribution >= 0.6 is 24.0 Å². The van der Waals surface area contributed by atoms with Gasteiger partial charge in [0.05, 0.1) is 9.83 Å². The van der Waals surface area contributed by atoms with E-state index in [1.54, 1.807) is 30.6 Å². The lowest BCUT2D eigenvalue weighted by Crippen LogP contribution is -2.44. The Morgan fingerprint density at radius 1 is 1.31 bits per heavy atom. The van der Waals surface area contributed by atoms with Gasteiger partial charge in [0, 0.05) is 30.1 Å². The second kappa shape index (κ2) is 7.42. The molecule has 3 rings (SSSR count). The van der Waals surface area contributed by atoms with Crippen LogP contribution < -0.4 is 5.43 Å². The summed E-state index contributed by atoms with van der Waals surface area (Å²) in [6, 6.07) is 8.55. The van der Waals surface area contributed by atoms with Gasteiger partial charge in [-0.3, -0.25) is 30.1 Å². The molecule has 0 atom stereocenters. The number of carbonyl (C=O) groups excluding carboxylic acids is 2. The van der Waals surface area contributed by atoms with Crippen molar-refractivity contribution in [3.8, 4) is 0 Å². The normalized spacial score (nSPS) is 15.4. The Morgan fingerprint density at radius 3 is 2.65 bits per heavy atom. The van der Waals surface area contributed by atoms with Crippen LogP contribution in [0.25, 0.3) is 6.08 Å². The second-order valence-electron chi connectivity index (χ2n) is 5.05. The Balaban J connectivity index is 1.74. The zero-order valence-electron chi connectivity index (χ0n) is 13.0. The number of benzene rings is 1. The highest BCUT2D eigenvalue weighted by atomic mass is 32.2. The van der Waals surface area contributed by atoms with Gasteiger partial charge in [0.25, 0.3) is 17.5 Å². The first kappa shape index (κ1) is 17.7. The molecule has 1 aliphatic heterocycles. The van der Waals surface area contributed by atoms with Crippen LogP contribution in [0.5, 0.6) is 0 Å². The number of non-ortho nitro benzene ring substituents is 1. The summed E-state index contributed by atoms with van der Waals surface area (Å²) >= 11 is 6.20. The van der Waals surface area contributed by atoms with Crippen LogP contribution in [-0.2, 0) is 4.79 Å². The topological polar surface area (TPSA) is 105 Å². The maximum atomic E-state index is 12.5. The number of thioether (sulfide) groups is 1. The minimum absolute atomic E-state index is 0.133. The van der Waals surface area contributed by atoms with E-state index in [1.807, 2.05) is 0 Å². The molecule has 2 amide bonds. The average molecular weight is 386 g/mol. The summed E-state index contributed by atoms with van der Waals surface area (Å²) in [5, 5.41) is 11.6. The predicted molar refractivity (Wildman–Crippen MR) is 99.8 cm³/mol. The van der Waals surface area contributed by atoms with E-state index in [-0.39, 0.29) is 15.6 Å².